The van der Waals surface area contributed by atoms with Gasteiger partial charge >= 0.3 is 5.97 Å². The molecule has 2 saturated carbocycles. The van der Waals surface area contributed by atoms with Crippen LogP contribution >= 0.6 is 0 Å². The lowest BCUT2D eigenvalue weighted by molar-refractivity contribution is -0.140. The first-order valence-corrected chi connectivity index (χ1v) is 11.5. The van der Waals surface area contributed by atoms with Crippen LogP contribution in [0.5, 0.6) is 0 Å². The van der Waals surface area contributed by atoms with Crippen LogP contribution in [0.3, 0.4) is 0 Å². The highest BCUT2D eigenvalue weighted by Crippen LogP contribution is 2.50. The highest BCUT2D eigenvalue weighted by molar-refractivity contribution is 6.01. The zero-order valence-corrected chi connectivity index (χ0v) is 18.6. The molecule has 3 aliphatic rings. The second-order valence-electron chi connectivity index (χ2n) is 10.4. The minimum atomic E-state index is -1.12. The molecule has 170 valence electrons. The van der Waals surface area contributed by atoms with E-state index >= 15 is 0 Å². The summed E-state index contributed by atoms with van der Waals surface area (Å²) in [6, 6.07) is 6.73. The van der Waals surface area contributed by atoms with Crippen molar-refractivity contribution in [3.63, 3.8) is 0 Å². The number of likely N-dealkylation sites (tertiary alicyclic amines) is 1. The van der Waals surface area contributed by atoms with Crippen LogP contribution in [0.1, 0.15) is 56.4 Å². The maximum atomic E-state index is 13.3. The Labute approximate surface area is 186 Å². The van der Waals surface area contributed by atoms with Gasteiger partial charge in [0.2, 0.25) is 11.8 Å². The Bertz CT molecular complexity index is 1090. The second kappa shape index (κ2) is 7.60. The molecular weight excluding hydrogens is 408 g/mol. The molecule has 1 aromatic carbocycles. The monoisotopic (exact) mass is 438 g/mol. The number of fused-ring (bicyclic) bond motifs is 2. The van der Waals surface area contributed by atoms with Crippen molar-refractivity contribution in [2.45, 2.75) is 64.6 Å². The van der Waals surface area contributed by atoms with Gasteiger partial charge in [-0.1, -0.05) is 38.5 Å². The number of para-hydroxylation sites is 1. The predicted octanol–water partition coefficient (Wildman–Crippen LogP) is 2.67. The summed E-state index contributed by atoms with van der Waals surface area (Å²) in [5.74, 6) is -0.725. The van der Waals surface area contributed by atoms with Gasteiger partial charge in [-0.2, -0.15) is 5.10 Å². The van der Waals surface area contributed by atoms with Gasteiger partial charge in [0, 0.05) is 18.0 Å². The van der Waals surface area contributed by atoms with Crippen molar-refractivity contribution in [2.75, 3.05) is 6.54 Å². The molecule has 0 radical (unpaired) electrons. The number of rotatable bonds is 5. The van der Waals surface area contributed by atoms with Crippen molar-refractivity contribution in [2.24, 2.45) is 17.3 Å². The van der Waals surface area contributed by atoms with Gasteiger partial charge in [-0.05, 0) is 49.0 Å². The van der Waals surface area contributed by atoms with Crippen LogP contribution in [0.25, 0.3) is 10.9 Å². The molecule has 8 nitrogen and oxygen atoms in total. The fourth-order valence-electron chi connectivity index (χ4n) is 5.79. The normalized spacial score (nSPS) is 28.4. The number of carboxylic acid groups (broad SMARTS) is 1. The quantitative estimate of drug-likeness (QED) is 0.747. The highest BCUT2D eigenvalue weighted by Gasteiger charge is 2.57. The van der Waals surface area contributed by atoms with E-state index in [1.165, 1.54) is 11.1 Å². The molecule has 2 aliphatic carbocycles. The standard InChI is InChI=1S/C24H30N4O4/c1-24(2)9-5-6-15(11-24)25-22(30)21-17-10-14(17)12-27(21)19(29)13-28-18-8-4-3-7-16(18)20(26-28)23(31)32/h3-4,7-8,14-15,17,21H,5-6,9-13H2,1-2H3,(H,25,30)(H,31,32)/t14-,15-,17-,21+/m1/s1. The highest BCUT2D eigenvalue weighted by atomic mass is 16.4. The summed E-state index contributed by atoms with van der Waals surface area (Å²) in [4.78, 5) is 39.7. The summed E-state index contributed by atoms with van der Waals surface area (Å²) in [6.07, 6.45) is 5.22. The number of carbonyl (C=O) groups is 3. The minimum Gasteiger partial charge on any atom is -0.476 e. The Morgan fingerprint density at radius 3 is 2.78 bits per heavy atom. The zero-order chi connectivity index (χ0) is 22.6. The Morgan fingerprint density at radius 1 is 1.25 bits per heavy atom. The topological polar surface area (TPSA) is 105 Å². The first-order chi connectivity index (χ1) is 15.2. The molecule has 1 aliphatic heterocycles. The molecule has 0 spiro atoms. The molecule has 0 bridgehead atoms. The van der Waals surface area contributed by atoms with Crippen molar-refractivity contribution in [3.05, 3.63) is 30.0 Å². The van der Waals surface area contributed by atoms with Crippen molar-refractivity contribution in [3.8, 4) is 0 Å². The summed E-state index contributed by atoms with van der Waals surface area (Å²) >= 11 is 0. The number of aromatic nitrogens is 2. The number of aromatic carboxylic acids is 1. The predicted molar refractivity (Wildman–Crippen MR) is 118 cm³/mol. The van der Waals surface area contributed by atoms with E-state index in [9.17, 15) is 19.5 Å². The van der Waals surface area contributed by atoms with Crippen molar-refractivity contribution < 1.29 is 19.5 Å². The van der Waals surface area contributed by atoms with Crippen LogP contribution in [0.4, 0.5) is 0 Å². The lowest BCUT2D eigenvalue weighted by Crippen LogP contribution is -2.52. The third-order valence-corrected chi connectivity index (χ3v) is 7.44. The largest absolute Gasteiger partial charge is 0.476 e. The van der Waals surface area contributed by atoms with Crippen LogP contribution in [-0.4, -0.2) is 56.2 Å². The Kier molecular flexibility index (Phi) is 4.98. The number of piperidine rings is 1. The number of amides is 2. The maximum Gasteiger partial charge on any atom is 0.357 e. The first-order valence-electron chi connectivity index (χ1n) is 11.5. The number of nitrogens with zero attached hydrogens (tertiary/aromatic N) is 3. The van der Waals surface area contributed by atoms with Crippen molar-refractivity contribution in [1.29, 1.82) is 0 Å². The smallest absolute Gasteiger partial charge is 0.357 e. The molecule has 1 saturated heterocycles. The first kappa shape index (κ1) is 21.0. The van der Waals surface area contributed by atoms with Crippen LogP contribution in [0.15, 0.2) is 24.3 Å². The zero-order valence-electron chi connectivity index (χ0n) is 18.6. The Morgan fingerprint density at radius 2 is 2.03 bits per heavy atom. The SMILES string of the molecule is CC1(C)CCC[C@@H](NC(=O)[C@@H]2[C@@H]3C[C@@H]3CN2C(=O)Cn2nc(C(=O)O)c3ccccc32)C1. The van der Waals surface area contributed by atoms with Crippen LogP contribution in [0.2, 0.25) is 0 Å². The summed E-state index contributed by atoms with van der Waals surface area (Å²) < 4.78 is 1.45. The van der Waals surface area contributed by atoms with Gasteiger partial charge in [-0.15, -0.1) is 0 Å². The minimum absolute atomic E-state index is 0.0393. The molecule has 32 heavy (non-hydrogen) atoms. The number of carbonyl (C=O) groups excluding carboxylic acids is 2. The van der Waals surface area contributed by atoms with E-state index in [2.05, 4.69) is 24.3 Å². The van der Waals surface area contributed by atoms with Gasteiger partial charge in [-0.25, -0.2) is 4.79 Å². The maximum absolute atomic E-state index is 13.3. The van der Waals surface area contributed by atoms with Gasteiger partial charge in [0.1, 0.15) is 12.6 Å². The molecule has 2 aromatic rings. The molecule has 1 aromatic heterocycles. The molecule has 3 fully saturated rings. The fraction of sp³-hybridized carbons (Fsp3) is 0.583. The van der Waals surface area contributed by atoms with Gasteiger partial charge < -0.3 is 15.3 Å². The summed E-state index contributed by atoms with van der Waals surface area (Å²) in [7, 11) is 0. The van der Waals surface area contributed by atoms with Crippen LogP contribution < -0.4 is 5.32 Å². The van der Waals surface area contributed by atoms with E-state index in [0.717, 1.165) is 25.7 Å². The average Bonchev–Trinajstić information content (AvgIpc) is 3.23. The van der Waals surface area contributed by atoms with Crippen molar-refractivity contribution in [1.82, 2.24) is 20.0 Å². The Balaban J connectivity index is 1.32. The van der Waals surface area contributed by atoms with Crippen LogP contribution in [0, 0.1) is 17.3 Å². The molecule has 2 amide bonds. The van der Waals surface area contributed by atoms with E-state index in [4.69, 9.17) is 0 Å². The third-order valence-electron chi connectivity index (χ3n) is 7.44. The second-order valence-corrected chi connectivity index (χ2v) is 10.4. The molecule has 2 N–H and O–H groups in total. The van der Waals surface area contributed by atoms with Gasteiger partial charge in [-0.3, -0.25) is 14.3 Å². The van der Waals surface area contributed by atoms with Gasteiger partial charge in [0.15, 0.2) is 5.69 Å². The number of benzene rings is 1. The molecule has 4 atom stereocenters. The molecule has 2 heterocycles. The van der Waals surface area contributed by atoms with Crippen molar-refractivity contribution >= 4 is 28.7 Å². The number of nitrogens with one attached hydrogen (secondary N) is 1. The molecular formula is C24H30N4O4. The van der Waals surface area contributed by atoms with E-state index in [0.29, 0.717) is 23.4 Å². The number of carboxylic acids is 1. The molecule has 8 heteroatoms. The summed E-state index contributed by atoms with van der Waals surface area (Å²) in [5, 5.41) is 17.4. The lowest BCUT2D eigenvalue weighted by Gasteiger charge is -2.37. The van der Waals surface area contributed by atoms with E-state index in [1.807, 2.05) is 0 Å². The molecule has 5 rings (SSSR count). The summed E-state index contributed by atoms with van der Waals surface area (Å²) in [5.41, 5.74) is 0.770. The van der Waals surface area contributed by atoms with Gasteiger partial charge in [0.05, 0.1) is 5.52 Å². The van der Waals surface area contributed by atoms with E-state index < -0.39 is 12.0 Å². The number of hydrogen-bond acceptors (Lipinski definition) is 4. The number of hydrogen-bond donors (Lipinski definition) is 2. The average molecular weight is 439 g/mol. The van der Waals surface area contributed by atoms with E-state index in [1.54, 1.807) is 29.2 Å². The lowest BCUT2D eigenvalue weighted by atomic mass is 9.75. The molecule has 0 unspecified atom stereocenters. The van der Waals surface area contributed by atoms with Gasteiger partial charge in [0.25, 0.3) is 0 Å². The fourth-order valence-corrected chi connectivity index (χ4v) is 5.79. The van der Waals surface area contributed by atoms with E-state index in [-0.39, 0.29) is 41.4 Å². The Hall–Kier alpha value is -2.90. The third kappa shape index (κ3) is 3.76. The summed E-state index contributed by atoms with van der Waals surface area (Å²) in [6.45, 7) is 5.00. The van der Waals surface area contributed by atoms with Crippen LogP contribution in [-0.2, 0) is 16.1 Å².